The Hall–Kier alpha value is -0.980. The number of hydrogen-bond acceptors (Lipinski definition) is 6. The monoisotopic (exact) mass is 271 g/mol. The molecular weight excluding hydrogens is 246 g/mol. The van der Waals surface area contributed by atoms with Gasteiger partial charge in [-0.15, -0.1) is 0 Å². The van der Waals surface area contributed by atoms with Gasteiger partial charge in [-0.2, -0.15) is 4.98 Å². The van der Waals surface area contributed by atoms with Crippen LogP contribution >= 0.6 is 0 Å². The average Bonchev–Trinajstić information content (AvgIpc) is 2.84. The summed E-state index contributed by atoms with van der Waals surface area (Å²) >= 11 is 0. The van der Waals surface area contributed by atoms with Crippen molar-refractivity contribution in [1.82, 2.24) is 10.1 Å². The molecule has 0 fully saturated rings. The summed E-state index contributed by atoms with van der Waals surface area (Å²) in [4.78, 5) is 4.38. The first kappa shape index (κ1) is 16.1. The molecular formula is C13H25N3O3. The van der Waals surface area contributed by atoms with E-state index in [1.807, 2.05) is 0 Å². The van der Waals surface area contributed by atoms with Gasteiger partial charge in [-0.05, 0) is 12.3 Å². The Morgan fingerprint density at radius 2 is 2.05 bits per heavy atom. The van der Waals surface area contributed by atoms with E-state index >= 15 is 0 Å². The molecule has 0 aliphatic carbocycles. The molecule has 6 nitrogen and oxygen atoms in total. The van der Waals surface area contributed by atoms with Crippen LogP contribution in [-0.2, 0) is 15.9 Å². The van der Waals surface area contributed by atoms with E-state index in [1.165, 1.54) is 0 Å². The summed E-state index contributed by atoms with van der Waals surface area (Å²) in [5.74, 6) is 2.02. The van der Waals surface area contributed by atoms with E-state index < -0.39 is 0 Å². The minimum absolute atomic E-state index is 0.149. The second-order valence-corrected chi connectivity index (χ2v) is 4.97. The fourth-order valence-electron chi connectivity index (χ4n) is 1.81. The normalized spacial score (nSPS) is 13.1. The number of nitrogens with zero attached hydrogens (tertiary/aromatic N) is 2. The summed E-state index contributed by atoms with van der Waals surface area (Å²) in [6, 6.07) is 0. The van der Waals surface area contributed by atoms with Crippen LogP contribution in [0.3, 0.4) is 0 Å². The molecule has 2 N–H and O–H groups in total. The second kappa shape index (κ2) is 9.01. The summed E-state index contributed by atoms with van der Waals surface area (Å²) in [7, 11) is 1.65. The molecule has 1 aromatic rings. The largest absolute Gasteiger partial charge is 0.382 e. The highest BCUT2D eigenvalue weighted by atomic mass is 16.5. The molecule has 0 bridgehead atoms. The first-order valence-corrected chi connectivity index (χ1v) is 6.76. The highest BCUT2D eigenvalue weighted by Gasteiger charge is 2.18. The molecule has 0 aromatic carbocycles. The van der Waals surface area contributed by atoms with E-state index in [0.29, 0.717) is 50.4 Å². The molecule has 0 saturated carbocycles. The molecule has 0 spiro atoms. The maximum atomic E-state index is 5.75. The number of hydrogen-bond donors (Lipinski definition) is 1. The summed E-state index contributed by atoms with van der Waals surface area (Å²) < 4.78 is 15.5. The molecule has 0 radical (unpaired) electrons. The highest BCUT2D eigenvalue weighted by Crippen LogP contribution is 2.21. The van der Waals surface area contributed by atoms with E-state index in [9.17, 15) is 0 Å². The maximum Gasteiger partial charge on any atom is 0.231 e. The van der Waals surface area contributed by atoms with Crippen molar-refractivity contribution in [3.63, 3.8) is 0 Å². The summed E-state index contributed by atoms with van der Waals surface area (Å²) in [5.41, 5.74) is 5.75. The van der Waals surface area contributed by atoms with Crippen molar-refractivity contribution in [1.29, 1.82) is 0 Å². The Morgan fingerprint density at radius 3 is 2.68 bits per heavy atom. The molecule has 19 heavy (non-hydrogen) atoms. The Labute approximate surface area is 114 Å². The van der Waals surface area contributed by atoms with Gasteiger partial charge in [0.1, 0.15) is 0 Å². The molecule has 0 aliphatic rings. The molecule has 1 atom stereocenters. The Kier molecular flexibility index (Phi) is 7.62. The topological polar surface area (TPSA) is 83.4 Å². The van der Waals surface area contributed by atoms with Gasteiger partial charge in [0.25, 0.3) is 0 Å². The number of rotatable bonds is 10. The van der Waals surface area contributed by atoms with Crippen LogP contribution in [0, 0.1) is 5.92 Å². The van der Waals surface area contributed by atoms with Gasteiger partial charge in [-0.25, -0.2) is 0 Å². The Balaban J connectivity index is 2.38. The van der Waals surface area contributed by atoms with Gasteiger partial charge in [-0.1, -0.05) is 19.0 Å². The lowest BCUT2D eigenvalue weighted by molar-refractivity contribution is 0.0714. The molecule has 1 aromatic heterocycles. The van der Waals surface area contributed by atoms with Crippen LogP contribution in [0.25, 0.3) is 0 Å². The van der Waals surface area contributed by atoms with Gasteiger partial charge in [0.15, 0.2) is 5.82 Å². The van der Waals surface area contributed by atoms with Gasteiger partial charge in [0, 0.05) is 20.1 Å². The lowest BCUT2D eigenvalue weighted by atomic mass is 9.97. The number of aromatic nitrogens is 2. The van der Waals surface area contributed by atoms with E-state index in [2.05, 4.69) is 24.0 Å². The van der Waals surface area contributed by atoms with E-state index in [-0.39, 0.29) is 5.92 Å². The first-order valence-electron chi connectivity index (χ1n) is 6.76. The number of methoxy groups -OCH3 is 1. The molecule has 1 rings (SSSR count). The third-order valence-electron chi connectivity index (χ3n) is 2.78. The van der Waals surface area contributed by atoms with Crippen LogP contribution < -0.4 is 5.73 Å². The van der Waals surface area contributed by atoms with E-state index in [1.54, 1.807) is 7.11 Å². The predicted molar refractivity (Wildman–Crippen MR) is 71.9 cm³/mol. The van der Waals surface area contributed by atoms with Gasteiger partial charge in [-0.3, -0.25) is 0 Å². The van der Waals surface area contributed by atoms with Crippen LogP contribution in [0.1, 0.15) is 37.9 Å². The van der Waals surface area contributed by atoms with Crippen molar-refractivity contribution in [3.8, 4) is 0 Å². The molecule has 1 unspecified atom stereocenters. The third-order valence-corrected chi connectivity index (χ3v) is 2.78. The average molecular weight is 271 g/mol. The molecule has 1 heterocycles. The maximum absolute atomic E-state index is 5.75. The fraction of sp³-hybridized carbons (Fsp3) is 0.846. The van der Waals surface area contributed by atoms with Crippen LogP contribution in [0.15, 0.2) is 4.52 Å². The predicted octanol–water partition coefficient (Wildman–Crippen LogP) is 1.36. The zero-order chi connectivity index (χ0) is 14.1. The quantitative estimate of drug-likeness (QED) is 0.647. The zero-order valence-corrected chi connectivity index (χ0v) is 12.1. The molecule has 0 saturated heterocycles. The van der Waals surface area contributed by atoms with Crippen LogP contribution in [-0.4, -0.2) is 43.6 Å². The second-order valence-electron chi connectivity index (χ2n) is 4.97. The number of nitrogens with two attached hydrogens (primary N) is 1. The standard InChI is InChI=1S/C13H25N3O3/c1-10(2)8-11(9-14)13-15-12(16-19-13)4-5-18-7-6-17-3/h10-11H,4-9,14H2,1-3H3. The minimum atomic E-state index is 0.149. The number of ether oxygens (including phenoxy) is 2. The van der Waals surface area contributed by atoms with Crippen molar-refractivity contribution in [2.45, 2.75) is 32.6 Å². The van der Waals surface area contributed by atoms with Crippen LogP contribution in [0.2, 0.25) is 0 Å². The third kappa shape index (κ3) is 6.13. The molecule has 0 aliphatic heterocycles. The van der Waals surface area contributed by atoms with E-state index in [0.717, 1.165) is 6.42 Å². The summed E-state index contributed by atoms with van der Waals surface area (Å²) in [5, 5.41) is 3.96. The minimum Gasteiger partial charge on any atom is -0.382 e. The van der Waals surface area contributed by atoms with Crippen LogP contribution in [0.4, 0.5) is 0 Å². The van der Waals surface area contributed by atoms with Gasteiger partial charge < -0.3 is 19.7 Å². The summed E-state index contributed by atoms with van der Waals surface area (Å²) in [6.45, 7) is 6.60. The van der Waals surface area contributed by atoms with Crippen molar-refractivity contribution in [3.05, 3.63) is 11.7 Å². The SMILES string of the molecule is COCCOCCc1noc(C(CN)CC(C)C)n1. The lowest BCUT2D eigenvalue weighted by Gasteiger charge is -2.11. The fourth-order valence-corrected chi connectivity index (χ4v) is 1.81. The van der Waals surface area contributed by atoms with Gasteiger partial charge in [0.2, 0.25) is 5.89 Å². The van der Waals surface area contributed by atoms with Crippen molar-refractivity contribution < 1.29 is 14.0 Å². The highest BCUT2D eigenvalue weighted by molar-refractivity contribution is 4.95. The summed E-state index contributed by atoms with van der Waals surface area (Å²) in [6.07, 6.45) is 1.61. The van der Waals surface area contributed by atoms with Crippen molar-refractivity contribution in [2.24, 2.45) is 11.7 Å². The Bertz CT molecular complexity index is 342. The smallest absolute Gasteiger partial charge is 0.231 e. The zero-order valence-electron chi connectivity index (χ0n) is 12.1. The Morgan fingerprint density at radius 1 is 1.26 bits per heavy atom. The van der Waals surface area contributed by atoms with Gasteiger partial charge in [0.05, 0.1) is 25.7 Å². The first-order chi connectivity index (χ1) is 9.17. The lowest BCUT2D eigenvalue weighted by Crippen LogP contribution is -2.15. The van der Waals surface area contributed by atoms with Crippen LogP contribution in [0.5, 0.6) is 0 Å². The van der Waals surface area contributed by atoms with Crippen molar-refractivity contribution in [2.75, 3.05) is 33.5 Å². The van der Waals surface area contributed by atoms with Gasteiger partial charge >= 0.3 is 0 Å². The molecule has 0 amide bonds. The van der Waals surface area contributed by atoms with Crippen molar-refractivity contribution >= 4 is 0 Å². The molecule has 6 heteroatoms. The van der Waals surface area contributed by atoms with E-state index in [4.69, 9.17) is 19.7 Å². The molecule has 110 valence electrons.